The summed E-state index contributed by atoms with van der Waals surface area (Å²) in [7, 11) is 0. The molecule has 0 heterocycles. The summed E-state index contributed by atoms with van der Waals surface area (Å²) in [4.78, 5) is 10.5. The van der Waals surface area contributed by atoms with Gasteiger partial charge in [-0.25, -0.2) is 4.79 Å². The van der Waals surface area contributed by atoms with Crippen molar-refractivity contribution in [3.05, 3.63) is 22.8 Å². The highest BCUT2D eigenvalue weighted by molar-refractivity contribution is 5.66. The van der Waals surface area contributed by atoms with Gasteiger partial charge >= 0.3 is 6.16 Å². The maximum absolute atomic E-state index is 10.5. The Morgan fingerprint density at radius 1 is 1.41 bits per heavy atom. The standard InChI is InChI=1S/C13H18O4/c1-4-5-6-10-7-8(2)12(17-13(15)16)11(14)9(10)3/h7,14H,4-6H2,1-3H3,(H,15,16). The summed E-state index contributed by atoms with van der Waals surface area (Å²) in [5.41, 5.74) is 2.38. The van der Waals surface area contributed by atoms with Crippen LogP contribution in [0.15, 0.2) is 6.07 Å². The average Bonchev–Trinajstić information content (AvgIpc) is 2.27. The zero-order chi connectivity index (χ0) is 13.0. The maximum atomic E-state index is 10.5. The van der Waals surface area contributed by atoms with Crippen molar-refractivity contribution in [1.29, 1.82) is 0 Å². The number of aryl methyl sites for hydroxylation is 2. The highest BCUT2D eigenvalue weighted by Gasteiger charge is 2.16. The summed E-state index contributed by atoms with van der Waals surface area (Å²) in [6, 6.07) is 1.88. The predicted octanol–water partition coefficient (Wildman–Crippen LogP) is 3.41. The lowest BCUT2D eigenvalue weighted by Crippen LogP contribution is -2.06. The van der Waals surface area contributed by atoms with Crippen molar-refractivity contribution >= 4 is 6.16 Å². The van der Waals surface area contributed by atoms with Gasteiger partial charge in [0.25, 0.3) is 0 Å². The second-order valence-electron chi connectivity index (χ2n) is 4.13. The molecule has 0 amide bonds. The third-order valence-electron chi connectivity index (χ3n) is 2.79. The second kappa shape index (κ2) is 5.57. The van der Waals surface area contributed by atoms with Crippen molar-refractivity contribution in [3.63, 3.8) is 0 Å². The Morgan fingerprint density at radius 3 is 2.59 bits per heavy atom. The molecule has 0 unspecified atom stereocenters. The summed E-state index contributed by atoms with van der Waals surface area (Å²) in [6.07, 6.45) is 1.58. The van der Waals surface area contributed by atoms with E-state index < -0.39 is 6.16 Å². The Morgan fingerprint density at radius 2 is 2.06 bits per heavy atom. The molecule has 4 nitrogen and oxygen atoms in total. The number of hydrogen-bond donors (Lipinski definition) is 2. The van der Waals surface area contributed by atoms with Gasteiger partial charge < -0.3 is 14.9 Å². The fourth-order valence-corrected chi connectivity index (χ4v) is 1.79. The molecule has 1 aromatic carbocycles. The average molecular weight is 238 g/mol. The van der Waals surface area contributed by atoms with Crippen molar-refractivity contribution in [2.75, 3.05) is 0 Å². The number of phenols is 1. The Kier molecular flexibility index (Phi) is 4.37. The first-order valence-corrected chi connectivity index (χ1v) is 5.70. The number of ether oxygens (including phenoxy) is 1. The Hall–Kier alpha value is -1.71. The van der Waals surface area contributed by atoms with Crippen LogP contribution in [-0.2, 0) is 6.42 Å². The van der Waals surface area contributed by atoms with Gasteiger partial charge in [0.2, 0.25) is 0 Å². The quantitative estimate of drug-likeness (QED) is 0.623. The highest BCUT2D eigenvalue weighted by Crippen LogP contribution is 2.36. The Labute approximate surface area is 101 Å². The SMILES string of the molecule is CCCCc1cc(C)c(OC(=O)O)c(O)c1C. The minimum absolute atomic E-state index is 0.0373. The number of carboxylic acid groups (broad SMARTS) is 1. The van der Waals surface area contributed by atoms with Crippen LogP contribution in [-0.4, -0.2) is 16.4 Å². The molecule has 1 aromatic rings. The van der Waals surface area contributed by atoms with E-state index in [-0.39, 0.29) is 11.5 Å². The van der Waals surface area contributed by atoms with Crippen molar-refractivity contribution in [2.24, 2.45) is 0 Å². The van der Waals surface area contributed by atoms with Gasteiger partial charge in [-0.3, -0.25) is 0 Å². The number of unbranched alkanes of at least 4 members (excludes halogenated alkanes) is 1. The fourth-order valence-electron chi connectivity index (χ4n) is 1.79. The first-order chi connectivity index (χ1) is 7.97. The molecule has 0 atom stereocenters. The molecular formula is C13H18O4. The molecule has 0 aliphatic heterocycles. The maximum Gasteiger partial charge on any atom is 0.511 e. The van der Waals surface area contributed by atoms with E-state index in [0.717, 1.165) is 24.8 Å². The van der Waals surface area contributed by atoms with Gasteiger partial charge in [0, 0.05) is 0 Å². The number of benzene rings is 1. The van der Waals surface area contributed by atoms with Gasteiger partial charge in [-0.15, -0.1) is 0 Å². The van der Waals surface area contributed by atoms with E-state index in [4.69, 9.17) is 5.11 Å². The largest absolute Gasteiger partial charge is 0.511 e. The van der Waals surface area contributed by atoms with Crippen LogP contribution in [0.5, 0.6) is 11.5 Å². The number of rotatable bonds is 4. The summed E-state index contributed by atoms with van der Waals surface area (Å²) < 4.78 is 4.58. The molecule has 0 bridgehead atoms. The molecule has 0 radical (unpaired) electrons. The molecule has 2 N–H and O–H groups in total. The number of carbonyl (C=O) groups is 1. The molecule has 1 rings (SSSR count). The summed E-state index contributed by atoms with van der Waals surface area (Å²) in [5, 5.41) is 18.5. The Bertz CT molecular complexity index is 424. The molecule has 17 heavy (non-hydrogen) atoms. The van der Waals surface area contributed by atoms with Gasteiger partial charge in [-0.2, -0.15) is 0 Å². The lowest BCUT2D eigenvalue weighted by atomic mass is 9.99. The van der Waals surface area contributed by atoms with Crippen molar-refractivity contribution < 1.29 is 19.7 Å². The normalized spacial score (nSPS) is 10.3. The minimum Gasteiger partial charge on any atom is -0.504 e. The van der Waals surface area contributed by atoms with E-state index in [1.54, 1.807) is 13.8 Å². The van der Waals surface area contributed by atoms with Gasteiger partial charge in [0.1, 0.15) is 0 Å². The first-order valence-electron chi connectivity index (χ1n) is 5.70. The van der Waals surface area contributed by atoms with Crippen molar-refractivity contribution in [1.82, 2.24) is 0 Å². The minimum atomic E-state index is -1.41. The molecule has 0 saturated carbocycles. The summed E-state index contributed by atoms with van der Waals surface area (Å²) in [6.45, 7) is 5.60. The smallest absolute Gasteiger partial charge is 0.504 e. The molecular weight excluding hydrogens is 220 g/mol. The van der Waals surface area contributed by atoms with E-state index in [0.29, 0.717) is 11.1 Å². The van der Waals surface area contributed by atoms with Gasteiger partial charge in [0.05, 0.1) is 0 Å². The van der Waals surface area contributed by atoms with Crippen LogP contribution < -0.4 is 4.74 Å². The molecule has 0 aliphatic rings. The van der Waals surface area contributed by atoms with Crippen molar-refractivity contribution in [3.8, 4) is 11.5 Å². The topological polar surface area (TPSA) is 66.8 Å². The van der Waals surface area contributed by atoms with E-state index in [2.05, 4.69) is 11.7 Å². The zero-order valence-corrected chi connectivity index (χ0v) is 10.4. The van der Waals surface area contributed by atoms with E-state index in [9.17, 15) is 9.90 Å². The third-order valence-corrected chi connectivity index (χ3v) is 2.79. The molecule has 94 valence electrons. The fraction of sp³-hybridized carbons (Fsp3) is 0.462. The molecule has 0 spiro atoms. The van der Waals surface area contributed by atoms with Gasteiger partial charge in [-0.05, 0) is 43.4 Å². The lowest BCUT2D eigenvalue weighted by molar-refractivity contribution is 0.142. The van der Waals surface area contributed by atoms with Crippen LogP contribution in [0.25, 0.3) is 0 Å². The Balaban J connectivity index is 3.12. The molecule has 0 fully saturated rings. The van der Waals surface area contributed by atoms with E-state index in [1.165, 1.54) is 0 Å². The molecule has 4 heteroatoms. The van der Waals surface area contributed by atoms with Crippen LogP contribution >= 0.6 is 0 Å². The first kappa shape index (κ1) is 13.4. The number of aromatic hydroxyl groups is 1. The van der Waals surface area contributed by atoms with Crippen LogP contribution in [0.4, 0.5) is 4.79 Å². The lowest BCUT2D eigenvalue weighted by Gasteiger charge is -2.13. The molecule has 0 aliphatic carbocycles. The van der Waals surface area contributed by atoms with Gasteiger partial charge in [-0.1, -0.05) is 19.4 Å². The molecule has 0 aromatic heterocycles. The third kappa shape index (κ3) is 3.12. The second-order valence-corrected chi connectivity index (χ2v) is 4.13. The monoisotopic (exact) mass is 238 g/mol. The van der Waals surface area contributed by atoms with E-state index >= 15 is 0 Å². The molecule has 0 saturated heterocycles. The van der Waals surface area contributed by atoms with Crippen LogP contribution in [0.3, 0.4) is 0 Å². The van der Waals surface area contributed by atoms with Crippen LogP contribution in [0.2, 0.25) is 0 Å². The number of phenolic OH excluding ortho intramolecular Hbond substituents is 1. The van der Waals surface area contributed by atoms with Crippen LogP contribution in [0.1, 0.15) is 36.5 Å². The summed E-state index contributed by atoms with van der Waals surface area (Å²) in [5.74, 6) is -0.0336. The predicted molar refractivity (Wildman–Crippen MR) is 64.8 cm³/mol. The van der Waals surface area contributed by atoms with Crippen LogP contribution in [0, 0.1) is 13.8 Å². The number of hydrogen-bond acceptors (Lipinski definition) is 3. The zero-order valence-electron chi connectivity index (χ0n) is 10.4. The van der Waals surface area contributed by atoms with Crippen molar-refractivity contribution in [2.45, 2.75) is 40.0 Å². The highest BCUT2D eigenvalue weighted by atomic mass is 16.7. The summed E-state index contributed by atoms with van der Waals surface area (Å²) >= 11 is 0. The van der Waals surface area contributed by atoms with E-state index in [1.807, 2.05) is 6.07 Å². The van der Waals surface area contributed by atoms with Gasteiger partial charge in [0.15, 0.2) is 11.5 Å².